The highest BCUT2D eigenvalue weighted by Crippen LogP contribution is 2.50. The summed E-state index contributed by atoms with van der Waals surface area (Å²) in [5.74, 6) is 1.04. The van der Waals surface area contributed by atoms with Crippen LogP contribution in [0, 0.1) is 5.92 Å². The van der Waals surface area contributed by atoms with Crippen molar-refractivity contribution < 1.29 is 22.7 Å². The summed E-state index contributed by atoms with van der Waals surface area (Å²) in [6.45, 7) is 5.29. The lowest BCUT2D eigenvalue weighted by molar-refractivity contribution is -0.141. The first-order valence-corrected chi connectivity index (χ1v) is 13.1. The van der Waals surface area contributed by atoms with Crippen molar-refractivity contribution >= 4 is 28.4 Å². The smallest absolute Gasteiger partial charge is 0.375 e. The number of urea groups is 1. The number of hydrogen-bond donors (Lipinski definition) is 2. The molecule has 3 aromatic heterocycles. The summed E-state index contributed by atoms with van der Waals surface area (Å²) in [6.07, 6.45) is 2.60. The molecule has 10 nitrogen and oxygen atoms in total. The number of pyridine rings is 1. The van der Waals surface area contributed by atoms with Gasteiger partial charge in [0.1, 0.15) is 12.2 Å². The standard InChI is InChI=1S/C25H31F3N8O2/c1-3-38-16-12-34(13-16)22-17-10-29-18(8-20(17)36(33-22)14-25(26,27)28)21-19(11-30-32-21)31-23(37)35-7-4-15(2)9-24(35)5-6-24/h8,10-11,15-16H,3-7,9,12-14H2,1-2H3,(H,30,32)(H,31,37)/t15-/m0/s1. The normalized spacial score (nSPS) is 21.2. The van der Waals surface area contributed by atoms with Crippen LogP contribution in [0.15, 0.2) is 18.5 Å². The lowest BCUT2D eigenvalue weighted by Gasteiger charge is -2.39. The van der Waals surface area contributed by atoms with E-state index in [0.29, 0.717) is 66.0 Å². The molecule has 0 unspecified atom stereocenters. The average Bonchev–Trinajstić information content (AvgIpc) is 3.27. The van der Waals surface area contributed by atoms with E-state index in [1.54, 1.807) is 6.07 Å². The minimum Gasteiger partial charge on any atom is -0.375 e. The summed E-state index contributed by atoms with van der Waals surface area (Å²) in [5, 5.41) is 14.7. The maximum Gasteiger partial charge on any atom is 0.408 e. The zero-order valence-corrected chi connectivity index (χ0v) is 21.4. The van der Waals surface area contributed by atoms with E-state index in [1.807, 2.05) is 16.7 Å². The number of piperidine rings is 1. The highest BCUT2D eigenvalue weighted by Gasteiger charge is 2.52. The van der Waals surface area contributed by atoms with Crippen LogP contribution in [0.1, 0.15) is 39.5 Å². The second-order valence-corrected chi connectivity index (χ2v) is 10.7. The Morgan fingerprint density at radius 3 is 2.79 bits per heavy atom. The van der Waals surface area contributed by atoms with E-state index in [2.05, 4.69) is 32.5 Å². The number of likely N-dealkylation sites (tertiary alicyclic amines) is 1. The van der Waals surface area contributed by atoms with E-state index >= 15 is 0 Å². The van der Waals surface area contributed by atoms with Gasteiger partial charge in [0.15, 0.2) is 5.82 Å². The summed E-state index contributed by atoms with van der Waals surface area (Å²) in [5.41, 5.74) is 1.47. The highest BCUT2D eigenvalue weighted by molar-refractivity contribution is 5.96. The van der Waals surface area contributed by atoms with Crippen molar-refractivity contribution in [2.75, 3.05) is 36.5 Å². The van der Waals surface area contributed by atoms with Crippen LogP contribution >= 0.6 is 0 Å². The number of aromatic nitrogens is 5. The van der Waals surface area contributed by atoms with Crippen molar-refractivity contribution in [3.05, 3.63) is 18.5 Å². The molecule has 5 heterocycles. The number of aromatic amines is 1. The first-order valence-electron chi connectivity index (χ1n) is 13.1. The molecule has 2 N–H and O–H groups in total. The fraction of sp³-hybridized carbons (Fsp3) is 0.600. The van der Waals surface area contributed by atoms with Gasteiger partial charge in [-0.1, -0.05) is 6.92 Å². The predicted molar refractivity (Wildman–Crippen MR) is 135 cm³/mol. The number of halogens is 3. The number of carbonyl (C=O) groups excluding carboxylic acids is 1. The molecule has 13 heteroatoms. The Hall–Kier alpha value is -3.35. The molecule has 3 aromatic rings. The summed E-state index contributed by atoms with van der Waals surface area (Å²) in [4.78, 5) is 21.6. The zero-order chi connectivity index (χ0) is 26.7. The molecule has 2 amide bonds. The SMILES string of the molecule is CCOC1CN(c2nn(CC(F)(F)F)c3cc(-c4[nH]ncc4NC(=O)N4CC[C@H](C)CC45CC5)ncc23)C1. The molecular weight excluding hydrogens is 501 g/mol. The minimum atomic E-state index is -4.44. The van der Waals surface area contributed by atoms with E-state index in [0.717, 1.165) is 30.4 Å². The van der Waals surface area contributed by atoms with Crippen molar-refractivity contribution in [3.63, 3.8) is 0 Å². The summed E-state index contributed by atoms with van der Waals surface area (Å²) in [6, 6.07) is 1.37. The fourth-order valence-electron chi connectivity index (χ4n) is 5.81. The molecule has 2 saturated heterocycles. The number of nitrogens with zero attached hydrogens (tertiary/aromatic N) is 6. The van der Waals surface area contributed by atoms with Gasteiger partial charge in [-0.05, 0) is 44.6 Å². The lowest BCUT2D eigenvalue weighted by atomic mass is 9.91. The molecule has 0 aromatic carbocycles. The number of fused-ring (bicyclic) bond motifs is 1. The van der Waals surface area contributed by atoms with Crippen LogP contribution in [0.4, 0.5) is 29.5 Å². The molecule has 3 fully saturated rings. The van der Waals surface area contributed by atoms with E-state index in [-0.39, 0.29) is 17.7 Å². The van der Waals surface area contributed by atoms with Gasteiger partial charge >= 0.3 is 12.2 Å². The Kier molecular flexibility index (Phi) is 6.00. The molecule has 204 valence electrons. The van der Waals surface area contributed by atoms with Crippen molar-refractivity contribution in [3.8, 4) is 11.4 Å². The molecule has 1 atom stereocenters. The molecule has 1 spiro atoms. The predicted octanol–water partition coefficient (Wildman–Crippen LogP) is 4.41. The molecule has 6 rings (SSSR count). The zero-order valence-electron chi connectivity index (χ0n) is 21.4. The number of anilines is 2. The van der Waals surface area contributed by atoms with Crippen molar-refractivity contribution in [1.82, 2.24) is 29.9 Å². The summed E-state index contributed by atoms with van der Waals surface area (Å²) in [7, 11) is 0. The van der Waals surface area contributed by atoms with Crippen LogP contribution in [0.2, 0.25) is 0 Å². The molecule has 1 aliphatic carbocycles. The van der Waals surface area contributed by atoms with Crippen LogP contribution < -0.4 is 10.2 Å². The minimum absolute atomic E-state index is 0.0316. The van der Waals surface area contributed by atoms with E-state index in [4.69, 9.17) is 4.74 Å². The van der Waals surface area contributed by atoms with Crippen LogP contribution in [-0.2, 0) is 11.3 Å². The number of rotatable bonds is 6. The van der Waals surface area contributed by atoms with E-state index < -0.39 is 12.7 Å². The maximum absolute atomic E-state index is 13.4. The first-order chi connectivity index (χ1) is 18.2. The van der Waals surface area contributed by atoms with Gasteiger partial charge in [-0.2, -0.15) is 23.4 Å². The molecular formula is C25H31F3N8O2. The number of nitrogens with one attached hydrogen (secondary N) is 2. The number of alkyl halides is 3. The third kappa shape index (κ3) is 4.56. The number of H-pyrrole nitrogens is 1. The fourth-order valence-corrected chi connectivity index (χ4v) is 5.81. The van der Waals surface area contributed by atoms with Crippen LogP contribution in [0.5, 0.6) is 0 Å². The maximum atomic E-state index is 13.4. The largest absolute Gasteiger partial charge is 0.408 e. The van der Waals surface area contributed by atoms with Crippen molar-refractivity contribution in [2.24, 2.45) is 5.92 Å². The monoisotopic (exact) mass is 532 g/mol. The highest BCUT2D eigenvalue weighted by atomic mass is 19.4. The third-order valence-corrected chi connectivity index (χ3v) is 7.85. The molecule has 0 bridgehead atoms. The van der Waals surface area contributed by atoms with Gasteiger partial charge in [0.2, 0.25) is 0 Å². The molecule has 3 aliphatic rings. The van der Waals surface area contributed by atoms with Crippen LogP contribution in [0.25, 0.3) is 22.3 Å². The topological polar surface area (TPSA) is 104 Å². The van der Waals surface area contributed by atoms with Gasteiger partial charge in [0.25, 0.3) is 0 Å². The summed E-state index contributed by atoms with van der Waals surface area (Å²) < 4.78 is 46.8. The molecule has 38 heavy (non-hydrogen) atoms. The number of amides is 2. The third-order valence-electron chi connectivity index (χ3n) is 7.85. The number of carbonyl (C=O) groups is 1. The van der Waals surface area contributed by atoms with E-state index in [1.165, 1.54) is 12.4 Å². The van der Waals surface area contributed by atoms with Gasteiger partial charge in [0, 0.05) is 38.0 Å². The Morgan fingerprint density at radius 2 is 2.08 bits per heavy atom. The Morgan fingerprint density at radius 1 is 1.29 bits per heavy atom. The Balaban J connectivity index is 1.28. The van der Waals surface area contributed by atoms with Crippen LogP contribution in [-0.4, -0.2) is 80.0 Å². The van der Waals surface area contributed by atoms with Gasteiger partial charge in [0.05, 0.1) is 34.6 Å². The number of hydrogen-bond acceptors (Lipinski definition) is 6. The average molecular weight is 533 g/mol. The van der Waals surface area contributed by atoms with Crippen molar-refractivity contribution in [2.45, 2.75) is 63.9 Å². The second kappa shape index (κ2) is 9.14. The van der Waals surface area contributed by atoms with Gasteiger partial charge in [-0.15, -0.1) is 0 Å². The first kappa shape index (κ1) is 25.0. The second-order valence-electron chi connectivity index (χ2n) is 10.7. The molecule has 1 saturated carbocycles. The quantitative estimate of drug-likeness (QED) is 0.488. The van der Waals surface area contributed by atoms with Crippen LogP contribution in [0.3, 0.4) is 0 Å². The van der Waals surface area contributed by atoms with Gasteiger partial charge in [-0.25, -0.2) is 4.79 Å². The molecule has 2 aliphatic heterocycles. The van der Waals surface area contributed by atoms with E-state index in [9.17, 15) is 18.0 Å². The Labute approximate surface area is 217 Å². The van der Waals surface area contributed by atoms with Gasteiger partial charge < -0.3 is 19.9 Å². The molecule has 0 radical (unpaired) electrons. The lowest BCUT2D eigenvalue weighted by Crippen LogP contribution is -2.52. The summed E-state index contributed by atoms with van der Waals surface area (Å²) >= 11 is 0. The van der Waals surface area contributed by atoms with Crippen molar-refractivity contribution in [1.29, 1.82) is 0 Å². The Bertz CT molecular complexity index is 1340. The number of ether oxygens (including phenoxy) is 1. The van der Waals surface area contributed by atoms with Gasteiger partial charge in [-0.3, -0.25) is 14.8 Å².